The number of pyridine rings is 1. The first-order valence-corrected chi connectivity index (χ1v) is 9.47. The third-order valence-electron chi connectivity index (χ3n) is 4.10. The number of carbonyl (C=O) groups excluding carboxylic acids is 1. The van der Waals surface area contributed by atoms with Crippen LogP contribution in [0.1, 0.15) is 20.8 Å². The molecular formula is C21H16Cl2N2O6. The molecule has 1 amide bonds. The first-order chi connectivity index (χ1) is 14.8. The van der Waals surface area contributed by atoms with Crippen molar-refractivity contribution in [1.82, 2.24) is 4.98 Å². The summed E-state index contributed by atoms with van der Waals surface area (Å²) < 4.78 is 16.4. The number of benzene rings is 2. The average Bonchev–Trinajstić information content (AvgIpc) is 2.76. The first kappa shape index (κ1) is 22.2. The molecule has 1 heterocycles. The number of ether oxygens (including phenoxy) is 3. The van der Waals surface area contributed by atoms with E-state index in [0.29, 0.717) is 17.2 Å². The summed E-state index contributed by atoms with van der Waals surface area (Å²) in [5, 5.41) is 11.9. The molecule has 0 bridgehead atoms. The lowest BCUT2D eigenvalue weighted by molar-refractivity contribution is 0.0690. The van der Waals surface area contributed by atoms with Gasteiger partial charge in [-0.3, -0.25) is 4.79 Å². The maximum atomic E-state index is 12.9. The van der Waals surface area contributed by atoms with E-state index in [2.05, 4.69) is 10.3 Å². The summed E-state index contributed by atoms with van der Waals surface area (Å²) >= 11 is 12.2. The summed E-state index contributed by atoms with van der Waals surface area (Å²) in [7, 11) is 2.99. The van der Waals surface area contributed by atoms with Gasteiger partial charge in [0.1, 0.15) is 17.2 Å². The van der Waals surface area contributed by atoms with Crippen LogP contribution in [-0.2, 0) is 0 Å². The number of carboxylic acids is 1. The molecular weight excluding hydrogens is 447 g/mol. The fourth-order valence-corrected chi connectivity index (χ4v) is 2.88. The Morgan fingerprint density at radius 1 is 0.935 bits per heavy atom. The van der Waals surface area contributed by atoms with E-state index in [1.54, 1.807) is 18.2 Å². The number of amides is 1. The second kappa shape index (κ2) is 9.55. The van der Waals surface area contributed by atoms with E-state index in [1.807, 2.05) is 0 Å². The molecule has 0 atom stereocenters. The highest BCUT2D eigenvalue weighted by atomic mass is 35.5. The van der Waals surface area contributed by atoms with Gasteiger partial charge in [-0.25, -0.2) is 9.78 Å². The van der Waals surface area contributed by atoms with Gasteiger partial charge in [-0.05, 0) is 30.3 Å². The fourth-order valence-electron chi connectivity index (χ4n) is 2.56. The monoisotopic (exact) mass is 462 g/mol. The Morgan fingerprint density at radius 2 is 1.68 bits per heavy atom. The predicted octanol–water partition coefficient (Wildman–Crippen LogP) is 5.15. The highest BCUT2D eigenvalue weighted by Crippen LogP contribution is 2.38. The number of rotatable bonds is 7. The first-order valence-electron chi connectivity index (χ1n) is 8.72. The molecule has 160 valence electrons. The maximum absolute atomic E-state index is 12.9. The van der Waals surface area contributed by atoms with Gasteiger partial charge >= 0.3 is 5.97 Å². The Kier molecular flexibility index (Phi) is 6.84. The standard InChI is InChI=1S/C21H16Cl2N2O6/c1-29-12-4-6-17(19(7-12)30-2)31-18-9-15(23)14(22)8-13(18)20(26)25-11-3-5-16(21(27)28)24-10-11/h3-10H,1-2H3,(H,25,26)(H,27,28). The Bertz CT molecular complexity index is 1140. The lowest BCUT2D eigenvalue weighted by Gasteiger charge is -2.15. The molecule has 2 N–H and O–H groups in total. The number of carbonyl (C=O) groups is 2. The minimum atomic E-state index is -1.17. The summed E-state index contributed by atoms with van der Waals surface area (Å²) in [5.74, 6) is -0.343. The SMILES string of the molecule is COc1ccc(Oc2cc(Cl)c(Cl)cc2C(=O)Nc2ccc(C(=O)O)nc2)c(OC)c1. The highest BCUT2D eigenvalue weighted by molar-refractivity contribution is 6.42. The highest BCUT2D eigenvalue weighted by Gasteiger charge is 2.19. The second-order valence-electron chi connectivity index (χ2n) is 6.07. The van der Waals surface area contributed by atoms with Crippen LogP contribution in [0.25, 0.3) is 0 Å². The summed E-state index contributed by atoms with van der Waals surface area (Å²) in [5.41, 5.74) is 0.229. The van der Waals surface area contributed by atoms with E-state index in [9.17, 15) is 9.59 Å². The molecule has 0 aliphatic carbocycles. The van der Waals surface area contributed by atoms with E-state index in [-0.39, 0.29) is 32.7 Å². The van der Waals surface area contributed by atoms with Crippen molar-refractivity contribution in [3.63, 3.8) is 0 Å². The second-order valence-corrected chi connectivity index (χ2v) is 6.89. The summed E-state index contributed by atoms with van der Waals surface area (Å²) in [6, 6.07) is 10.4. The number of methoxy groups -OCH3 is 2. The van der Waals surface area contributed by atoms with Gasteiger partial charge in [0, 0.05) is 12.1 Å². The van der Waals surface area contributed by atoms with Crippen LogP contribution in [0.4, 0.5) is 5.69 Å². The molecule has 0 aliphatic heterocycles. The quantitative estimate of drug-likeness (QED) is 0.499. The molecule has 0 fully saturated rings. The van der Waals surface area contributed by atoms with Crippen molar-refractivity contribution in [2.24, 2.45) is 0 Å². The topological polar surface area (TPSA) is 107 Å². The van der Waals surface area contributed by atoms with Gasteiger partial charge in [-0.15, -0.1) is 0 Å². The van der Waals surface area contributed by atoms with E-state index in [0.717, 1.165) is 0 Å². The number of halogens is 2. The van der Waals surface area contributed by atoms with E-state index in [4.69, 9.17) is 42.5 Å². The van der Waals surface area contributed by atoms with Crippen molar-refractivity contribution in [3.05, 3.63) is 70.0 Å². The van der Waals surface area contributed by atoms with Gasteiger partial charge in [0.25, 0.3) is 5.91 Å². The number of carboxylic acid groups (broad SMARTS) is 1. The number of hydrogen-bond acceptors (Lipinski definition) is 6. The smallest absolute Gasteiger partial charge is 0.354 e. The molecule has 3 aromatic rings. The Labute approximate surface area is 187 Å². The van der Waals surface area contributed by atoms with Gasteiger partial charge in [0.2, 0.25) is 0 Å². The predicted molar refractivity (Wildman–Crippen MR) is 115 cm³/mol. The zero-order valence-corrected chi connectivity index (χ0v) is 17.8. The molecule has 0 radical (unpaired) electrons. The summed E-state index contributed by atoms with van der Waals surface area (Å²) in [6.45, 7) is 0. The molecule has 1 aromatic heterocycles. The maximum Gasteiger partial charge on any atom is 0.354 e. The van der Waals surface area contributed by atoms with Crippen molar-refractivity contribution in [2.45, 2.75) is 0 Å². The Hall–Kier alpha value is -3.49. The lowest BCUT2D eigenvalue weighted by Crippen LogP contribution is -2.14. The van der Waals surface area contributed by atoms with E-state index < -0.39 is 11.9 Å². The van der Waals surface area contributed by atoms with Crippen LogP contribution in [0.15, 0.2) is 48.7 Å². The van der Waals surface area contributed by atoms with E-state index >= 15 is 0 Å². The molecule has 10 heteroatoms. The zero-order valence-electron chi connectivity index (χ0n) is 16.3. The normalized spacial score (nSPS) is 10.3. The van der Waals surface area contributed by atoms with Gasteiger partial charge < -0.3 is 24.6 Å². The minimum Gasteiger partial charge on any atom is -0.497 e. The van der Waals surface area contributed by atoms with Crippen molar-refractivity contribution < 1.29 is 28.9 Å². The molecule has 0 spiro atoms. The van der Waals surface area contributed by atoms with Crippen LogP contribution in [0.2, 0.25) is 10.0 Å². The molecule has 3 rings (SSSR count). The molecule has 2 aromatic carbocycles. The number of nitrogens with one attached hydrogen (secondary N) is 1. The molecule has 0 saturated carbocycles. The zero-order chi connectivity index (χ0) is 22.5. The molecule has 0 saturated heterocycles. The van der Waals surface area contributed by atoms with Gasteiger partial charge in [0.15, 0.2) is 11.5 Å². The van der Waals surface area contributed by atoms with Crippen LogP contribution in [-0.4, -0.2) is 36.2 Å². The third-order valence-corrected chi connectivity index (χ3v) is 4.82. The number of hydrogen-bond donors (Lipinski definition) is 2. The van der Waals surface area contributed by atoms with Crippen molar-refractivity contribution in [1.29, 1.82) is 0 Å². The Balaban J connectivity index is 1.93. The van der Waals surface area contributed by atoms with Crippen LogP contribution >= 0.6 is 23.2 Å². The lowest BCUT2D eigenvalue weighted by atomic mass is 10.1. The average molecular weight is 463 g/mol. The number of nitrogens with zero attached hydrogens (tertiary/aromatic N) is 1. The molecule has 8 nitrogen and oxygen atoms in total. The molecule has 0 aliphatic rings. The largest absolute Gasteiger partial charge is 0.497 e. The molecule has 31 heavy (non-hydrogen) atoms. The number of aromatic carboxylic acids is 1. The van der Waals surface area contributed by atoms with Crippen LogP contribution < -0.4 is 19.5 Å². The van der Waals surface area contributed by atoms with Gasteiger partial charge in [-0.2, -0.15) is 0 Å². The van der Waals surface area contributed by atoms with Crippen molar-refractivity contribution in [2.75, 3.05) is 19.5 Å². The van der Waals surface area contributed by atoms with Crippen LogP contribution in [0.3, 0.4) is 0 Å². The van der Waals surface area contributed by atoms with Crippen LogP contribution in [0.5, 0.6) is 23.0 Å². The summed E-state index contributed by atoms with van der Waals surface area (Å²) in [4.78, 5) is 27.6. The molecule has 0 unspecified atom stereocenters. The van der Waals surface area contributed by atoms with Crippen LogP contribution in [0, 0.1) is 0 Å². The summed E-state index contributed by atoms with van der Waals surface area (Å²) in [6.07, 6.45) is 1.23. The third kappa shape index (κ3) is 5.17. The Morgan fingerprint density at radius 3 is 2.29 bits per heavy atom. The van der Waals surface area contributed by atoms with Crippen molar-refractivity contribution >= 4 is 40.8 Å². The fraction of sp³-hybridized carbons (Fsp3) is 0.0952. The number of aromatic nitrogens is 1. The van der Waals surface area contributed by atoms with Gasteiger partial charge in [0.05, 0.1) is 41.7 Å². The van der Waals surface area contributed by atoms with Gasteiger partial charge in [-0.1, -0.05) is 23.2 Å². The van der Waals surface area contributed by atoms with Crippen molar-refractivity contribution in [3.8, 4) is 23.0 Å². The number of anilines is 1. The van der Waals surface area contributed by atoms with E-state index in [1.165, 1.54) is 44.7 Å². The minimum absolute atomic E-state index is 0.0922.